The van der Waals surface area contributed by atoms with Crippen molar-refractivity contribution in [3.8, 4) is 0 Å². The molecule has 148 valence electrons. The maximum Gasteiger partial charge on any atom is 0.237 e. The van der Waals surface area contributed by atoms with Crippen LogP contribution in [0.1, 0.15) is 30.4 Å². The number of aryl methyl sites for hydroxylation is 1. The SMILES string of the molecule is NC(Cc1ccccc1)C(=O)NC1CCN(C(=O)CCc2ccccc2)CC1. The van der Waals surface area contributed by atoms with E-state index in [4.69, 9.17) is 5.73 Å². The van der Waals surface area contributed by atoms with Gasteiger partial charge >= 0.3 is 0 Å². The number of nitrogens with two attached hydrogens (primary N) is 1. The smallest absolute Gasteiger partial charge is 0.237 e. The lowest BCUT2D eigenvalue weighted by Gasteiger charge is -2.33. The number of carbonyl (C=O) groups excluding carboxylic acids is 2. The average molecular weight is 380 g/mol. The molecule has 1 aliphatic heterocycles. The molecular formula is C23H29N3O2. The molecule has 2 aromatic rings. The molecule has 1 fully saturated rings. The molecule has 1 aliphatic rings. The minimum Gasteiger partial charge on any atom is -0.352 e. The fraction of sp³-hybridized carbons (Fsp3) is 0.391. The first-order valence-electron chi connectivity index (χ1n) is 10.0. The Kier molecular flexibility index (Phi) is 7.20. The average Bonchev–Trinajstić information content (AvgIpc) is 2.74. The zero-order valence-corrected chi connectivity index (χ0v) is 16.2. The van der Waals surface area contributed by atoms with Gasteiger partial charge < -0.3 is 16.0 Å². The quantitative estimate of drug-likeness (QED) is 0.775. The molecule has 1 unspecified atom stereocenters. The van der Waals surface area contributed by atoms with Crippen LogP contribution in [0.25, 0.3) is 0 Å². The van der Waals surface area contributed by atoms with Crippen molar-refractivity contribution in [2.24, 2.45) is 5.73 Å². The fourth-order valence-electron chi connectivity index (χ4n) is 3.60. The third kappa shape index (κ3) is 5.92. The van der Waals surface area contributed by atoms with Gasteiger partial charge in [-0.2, -0.15) is 0 Å². The number of hydrogen-bond donors (Lipinski definition) is 2. The van der Waals surface area contributed by atoms with Gasteiger partial charge in [0.15, 0.2) is 0 Å². The van der Waals surface area contributed by atoms with Gasteiger partial charge in [-0.15, -0.1) is 0 Å². The van der Waals surface area contributed by atoms with Gasteiger partial charge in [-0.25, -0.2) is 0 Å². The van der Waals surface area contributed by atoms with E-state index < -0.39 is 6.04 Å². The van der Waals surface area contributed by atoms with Crippen LogP contribution in [-0.4, -0.2) is 41.9 Å². The molecule has 1 saturated heterocycles. The summed E-state index contributed by atoms with van der Waals surface area (Å²) in [5.74, 6) is 0.0760. The van der Waals surface area contributed by atoms with Gasteiger partial charge in [0.1, 0.15) is 0 Å². The number of amides is 2. The van der Waals surface area contributed by atoms with Crippen molar-refractivity contribution in [3.05, 3.63) is 71.8 Å². The van der Waals surface area contributed by atoms with Crippen LogP contribution >= 0.6 is 0 Å². The third-order valence-corrected chi connectivity index (χ3v) is 5.30. The molecule has 1 atom stereocenters. The van der Waals surface area contributed by atoms with E-state index in [1.807, 2.05) is 65.6 Å². The van der Waals surface area contributed by atoms with E-state index in [0.717, 1.165) is 24.8 Å². The lowest BCUT2D eigenvalue weighted by molar-refractivity contribution is -0.132. The maximum absolute atomic E-state index is 12.4. The van der Waals surface area contributed by atoms with Crippen molar-refractivity contribution in [3.63, 3.8) is 0 Å². The fourth-order valence-corrected chi connectivity index (χ4v) is 3.60. The van der Waals surface area contributed by atoms with E-state index >= 15 is 0 Å². The maximum atomic E-state index is 12.4. The first kappa shape index (κ1) is 20.1. The summed E-state index contributed by atoms with van der Waals surface area (Å²) in [6.07, 6.45) is 3.39. The van der Waals surface area contributed by atoms with Crippen LogP contribution in [0, 0.1) is 0 Å². The second-order valence-corrected chi connectivity index (χ2v) is 7.45. The monoisotopic (exact) mass is 379 g/mol. The van der Waals surface area contributed by atoms with Gasteiger partial charge in [-0.1, -0.05) is 60.7 Å². The normalized spacial score (nSPS) is 15.8. The number of rotatable bonds is 7. The Hall–Kier alpha value is -2.66. The molecular weight excluding hydrogens is 350 g/mol. The number of piperidine rings is 1. The van der Waals surface area contributed by atoms with E-state index in [2.05, 4.69) is 5.32 Å². The number of carbonyl (C=O) groups is 2. The summed E-state index contributed by atoms with van der Waals surface area (Å²) in [6.45, 7) is 1.37. The van der Waals surface area contributed by atoms with Crippen LogP contribution in [0.3, 0.4) is 0 Å². The summed E-state index contributed by atoms with van der Waals surface area (Å²) in [5.41, 5.74) is 8.30. The highest BCUT2D eigenvalue weighted by molar-refractivity contribution is 5.82. The summed E-state index contributed by atoms with van der Waals surface area (Å²) in [6, 6.07) is 19.4. The highest BCUT2D eigenvalue weighted by Crippen LogP contribution is 2.13. The zero-order valence-electron chi connectivity index (χ0n) is 16.2. The van der Waals surface area contributed by atoms with Gasteiger partial charge in [0.05, 0.1) is 6.04 Å². The van der Waals surface area contributed by atoms with Gasteiger partial charge in [0.25, 0.3) is 0 Å². The number of hydrogen-bond acceptors (Lipinski definition) is 3. The first-order valence-corrected chi connectivity index (χ1v) is 10.0. The van der Waals surface area contributed by atoms with Crippen LogP contribution in [-0.2, 0) is 22.4 Å². The Morgan fingerprint density at radius 1 is 0.964 bits per heavy atom. The Morgan fingerprint density at radius 2 is 1.54 bits per heavy atom. The standard InChI is InChI=1S/C23H29N3O2/c24-21(17-19-9-5-2-6-10-19)23(28)25-20-13-15-26(16-14-20)22(27)12-11-18-7-3-1-4-8-18/h1-10,20-21H,11-17,24H2,(H,25,28). The molecule has 3 N–H and O–H groups in total. The number of nitrogens with one attached hydrogen (secondary N) is 1. The summed E-state index contributed by atoms with van der Waals surface area (Å²) in [5, 5.41) is 3.05. The van der Waals surface area contributed by atoms with Gasteiger partial charge in [-0.3, -0.25) is 9.59 Å². The Balaban J connectivity index is 1.38. The lowest BCUT2D eigenvalue weighted by atomic mass is 10.0. The van der Waals surface area contributed by atoms with E-state index in [1.54, 1.807) is 0 Å². The summed E-state index contributed by atoms with van der Waals surface area (Å²) in [4.78, 5) is 26.7. The number of likely N-dealkylation sites (tertiary alicyclic amines) is 1. The Bertz CT molecular complexity index is 756. The first-order chi connectivity index (χ1) is 13.6. The third-order valence-electron chi connectivity index (χ3n) is 5.30. The minimum absolute atomic E-state index is 0.0903. The predicted octanol–water partition coefficient (Wildman–Crippen LogP) is 2.30. The Morgan fingerprint density at radius 3 is 2.14 bits per heavy atom. The highest BCUT2D eigenvalue weighted by atomic mass is 16.2. The van der Waals surface area contributed by atoms with Crippen LogP contribution in [0.2, 0.25) is 0 Å². The molecule has 0 bridgehead atoms. The molecule has 0 saturated carbocycles. The van der Waals surface area contributed by atoms with E-state index in [9.17, 15) is 9.59 Å². The lowest BCUT2D eigenvalue weighted by Crippen LogP contribution is -2.51. The van der Waals surface area contributed by atoms with E-state index in [0.29, 0.717) is 25.9 Å². The van der Waals surface area contributed by atoms with Crippen molar-refractivity contribution < 1.29 is 9.59 Å². The molecule has 0 aromatic heterocycles. The van der Waals surface area contributed by atoms with Crippen molar-refractivity contribution in [2.75, 3.05) is 13.1 Å². The number of benzene rings is 2. The molecule has 28 heavy (non-hydrogen) atoms. The van der Waals surface area contributed by atoms with Crippen molar-refractivity contribution in [1.82, 2.24) is 10.2 Å². The predicted molar refractivity (Wildman–Crippen MR) is 111 cm³/mol. The minimum atomic E-state index is -0.548. The summed E-state index contributed by atoms with van der Waals surface area (Å²) in [7, 11) is 0. The van der Waals surface area contributed by atoms with E-state index in [1.165, 1.54) is 5.56 Å². The highest BCUT2D eigenvalue weighted by Gasteiger charge is 2.25. The topological polar surface area (TPSA) is 75.4 Å². The molecule has 3 rings (SSSR count). The molecule has 5 nitrogen and oxygen atoms in total. The van der Waals surface area contributed by atoms with Crippen LogP contribution < -0.4 is 11.1 Å². The molecule has 1 heterocycles. The van der Waals surface area contributed by atoms with Crippen LogP contribution in [0.15, 0.2) is 60.7 Å². The molecule has 0 spiro atoms. The summed E-state index contributed by atoms with van der Waals surface area (Å²) < 4.78 is 0. The largest absolute Gasteiger partial charge is 0.352 e. The second-order valence-electron chi connectivity index (χ2n) is 7.45. The van der Waals surface area contributed by atoms with Gasteiger partial charge in [0.2, 0.25) is 11.8 Å². The molecule has 2 aromatic carbocycles. The van der Waals surface area contributed by atoms with E-state index in [-0.39, 0.29) is 17.9 Å². The molecule has 0 radical (unpaired) electrons. The molecule has 5 heteroatoms. The second kappa shape index (κ2) is 10.0. The van der Waals surface area contributed by atoms with Crippen molar-refractivity contribution in [1.29, 1.82) is 0 Å². The molecule has 0 aliphatic carbocycles. The zero-order chi connectivity index (χ0) is 19.8. The number of nitrogens with zero attached hydrogens (tertiary/aromatic N) is 1. The van der Waals surface area contributed by atoms with Crippen LogP contribution in [0.4, 0.5) is 0 Å². The molecule has 2 amide bonds. The van der Waals surface area contributed by atoms with Gasteiger partial charge in [-0.05, 0) is 36.8 Å². The Labute approximate surface area is 166 Å². The van der Waals surface area contributed by atoms with Gasteiger partial charge in [0, 0.05) is 25.6 Å². The van der Waals surface area contributed by atoms with Crippen molar-refractivity contribution in [2.45, 2.75) is 44.2 Å². The summed E-state index contributed by atoms with van der Waals surface area (Å²) >= 11 is 0. The van der Waals surface area contributed by atoms with Crippen LogP contribution in [0.5, 0.6) is 0 Å². The van der Waals surface area contributed by atoms with Crippen molar-refractivity contribution >= 4 is 11.8 Å².